The highest BCUT2D eigenvalue weighted by atomic mass is 32.2. The van der Waals surface area contributed by atoms with Gasteiger partial charge in [0, 0.05) is 99.4 Å². The average molecular weight is 1790 g/mol. The van der Waals surface area contributed by atoms with E-state index in [4.69, 9.17) is 33.1 Å². The smallest absolute Gasteiger partial charge is 0.317 e. The maximum absolute atomic E-state index is 15.8. The number of aromatic amines is 2. The van der Waals surface area contributed by atoms with Crippen molar-refractivity contribution in [2.45, 2.75) is 254 Å². The SMILES string of the molecule is CCCCCCCCCCCCCCCCNC(=O)CN(CC(N)=O)C(=O)CCCCCNC(=O)C(Cc1c[nH]c2ccccc12)NC(=O)C(CCCNC(=N)N)NC(=O)C(CSCC)NC(=O)C(CCCNC(=N)N)NC(=O)CC1CCCN1C(=O)C(NC(=O)C(Cc1c[nH]cn1)NC(=O)C(NC(=O)CNCC(=O)O)C(C)O)C(c1ccccc1)c1ccccc1. The van der Waals surface area contributed by atoms with Crippen molar-refractivity contribution in [2.75, 3.05) is 70.4 Å². The van der Waals surface area contributed by atoms with Crippen LogP contribution < -0.4 is 81.0 Å². The first-order valence-electron chi connectivity index (χ1n) is 44.6. The first-order chi connectivity index (χ1) is 61.2. The summed E-state index contributed by atoms with van der Waals surface area (Å²) in [5.41, 5.74) is 19.8. The number of hydrogen-bond acceptors (Lipinski definition) is 19. The number of aliphatic hydroxyl groups is 1. The molecule has 5 aromatic rings. The fourth-order valence-electron chi connectivity index (χ4n) is 15.2. The number of rotatable bonds is 64. The summed E-state index contributed by atoms with van der Waals surface area (Å²) < 4.78 is 0. The molecule has 3 heterocycles. The molecule has 698 valence electrons. The highest BCUT2D eigenvalue weighted by molar-refractivity contribution is 7.99. The molecular weight excluding hydrogens is 1650 g/mol. The number of para-hydroxylation sites is 1. The third-order valence-corrected chi connectivity index (χ3v) is 22.9. The molecule has 0 radical (unpaired) electrons. The van der Waals surface area contributed by atoms with Gasteiger partial charge < -0.3 is 106 Å². The molecular formula is C89H136N22O15S. The molecule has 6 rings (SSSR count). The summed E-state index contributed by atoms with van der Waals surface area (Å²) in [7, 11) is 0. The van der Waals surface area contributed by atoms with Crippen LogP contribution in [0.3, 0.4) is 0 Å². The number of nitrogens with one attached hydrogen (secondary N) is 16. The van der Waals surface area contributed by atoms with Crippen molar-refractivity contribution in [3.63, 3.8) is 0 Å². The van der Waals surface area contributed by atoms with Crippen LogP contribution in [0.2, 0.25) is 0 Å². The number of aliphatic hydroxyl groups excluding tert-OH is 1. The fraction of sp³-hybridized carbons (Fsp3) is 0.573. The lowest BCUT2D eigenvalue weighted by atomic mass is 9.84. The zero-order valence-corrected chi connectivity index (χ0v) is 74.5. The van der Waals surface area contributed by atoms with Gasteiger partial charge in [-0.25, -0.2) is 4.98 Å². The number of carbonyl (C=O) groups excluding carboxylic acids is 12. The summed E-state index contributed by atoms with van der Waals surface area (Å²) in [6, 6.07) is 14.3. The minimum atomic E-state index is -1.65. The van der Waals surface area contributed by atoms with Crippen molar-refractivity contribution in [3.05, 3.63) is 126 Å². The van der Waals surface area contributed by atoms with Gasteiger partial charge in [0.15, 0.2) is 11.9 Å². The summed E-state index contributed by atoms with van der Waals surface area (Å²) in [4.78, 5) is 195. The molecule has 38 heteroatoms. The summed E-state index contributed by atoms with van der Waals surface area (Å²) in [5, 5.41) is 69.2. The molecule has 0 spiro atoms. The molecule has 9 unspecified atom stereocenters. The number of likely N-dealkylation sites (tertiary alicyclic amines) is 1. The number of carboxylic acids is 1. The number of aliphatic carboxylic acids is 1. The number of nitrogens with two attached hydrogens (primary N) is 3. The van der Waals surface area contributed by atoms with E-state index in [0.29, 0.717) is 60.4 Å². The van der Waals surface area contributed by atoms with Gasteiger partial charge in [-0.1, -0.05) is 183 Å². The highest BCUT2D eigenvalue weighted by Gasteiger charge is 2.43. The van der Waals surface area contributed by atoms with Gasteiger partial charge in [0.05, 0.1) is 37.8 Å². The lowest BCUT2D eigenvalue weighted by Gasteiger charge is -2.35. The van der Waals surface area contributed by atoms with Gasteiger partial charge in [0.2, 0.25) is 70.9 Å². The molecule has 127 heavy (non-hydrogen) atoms. The number of thioether (sulfide) groups is 1. The Labute approximate surface area is 747 Å². The maximum atomic E-state index is 15.8. The summed E-state index contributed by atoms with van der Waals surface area (Å²) in [6.45, 7) is 4.29. The molecule has 12 amide bonds. The maximum Gasteiger partial charge on any atom is 0.317 e. The Bertz CT molecular complexity index is 4240. The van der Waals surface area contributed by atoms with Gasteiger partial charge in [-0.05, 0) is 93.2 Å². The van der Waals surface area contributed by atoms with Crippen LogP contribution in [-0.2, 0) is 75.2 Å². The molecule has 1 saturated heterocycles. The summed E-state index contributed by atoms with van der Waals surface area (Å²) in [6.07, 6.45) is 21.3. The molecule has 1 fully saturated rings. The number of primary amides is 1. The van der Waals surface area contributed by atoms with Crippen LogP contribution in [-0.4, -0.2) is 249 Å². The van der Waals surface area contributed by atoms with E-state index in [0.717, 1.165) is 41.5 Å². The minimum absolute atomic E-state index is 0.000688. The number of nitrogens with zero attached hydrogens (tertiary/aromatic N) is 3. The molecule has 3 aromatic carbocycles. The third-order valence-electron chi connectivity index (χ3n) is 21.9. The zero-order chi connectivity index (χ0) is 92.3. The Balaban J connectivity index is 1.15. The number of H-pyrrole nitrogens is 2. The molecule has 1 aliphatic rings. The van der Waals surface area contributed by atoms with Crippen LogP contribution in [0.15, 0.2) is 104 Å². The van der Waals surface area contributed by atoms with Gasteiger partial charge in [-0.2, -0.15) is 11.8 Å². The number of carboxylic acid groups (broad SMARTS) is 1. The first-order valence-corrected chi connectivity index (χ1v) is 45.8. The largest absolute Gasteiger partial charge is 0.480 e. The number of benzene rings is 3. The van der Waals surface area contributed by atoms with E-state index >= 15 is 9.59 Å². The van der Waals surface area contributed by atoms with E-state index in [9.17, 15) is 57.8 Å². The Morgan fingerprint density at radius 2 is 1.07 bits per heavy atom. The van der Waals surface area contributed by atoms with Crippen LogP contribution in [0.1, 0.15) is 210 Å². The predicted octanol–water partition coefficient (Wildman–Crippen LogP) is 3.21. The summed E-state index contributed by atoms with van der Waals surface area (Å²) >= 11 is 1.29. The number of imidazole rings is 1. The topological polar surface area (TPSA) is 583 Å². The van der Waals surface area contributed by atoms with E-state index in [-0.39, 0.29) is 108 Å². The van der Waals surface area contributed by atoms with Gasteiger partial charge in [0.25, 0.3) is 0 Å². The monoisotopic (exact) mass is 1790 g/mol. The molecule has 0 bridgehead atoms. The number of fused-ring (bicyclic) bond motifs is 1. The van der Waals surface area contributed by atoms with Gasteiger partial charge >= 0.3 is 5.97 Å². The van der Waals surface area contributed by atoms with Crippen molar-refractivity contribution in [2.24, 2.45) is 17.2 Å². The van der Waals surface area contributed by atoms with Gasteiger partial charge in [0.1, 0.15) is 48.8 Å². The normalized spacial score (nSPS) is 14.3. The number of unbranched alkanes of at least 4 members (excludes halogenated alkanes) is 15. The zero-order valence-electron chi connectivity index (χ0n) is 73.6. The van der Waals surface area contributed by atoms with Gasteiger partial charge in [-0.3, -0.25) is 78.5 Å². The first kappa shape index (κ1) is 104. The summed E-state index contributed by atoms with van der Waals surface area (Å²) in [5.74, 6) is -11.0. The Hall–Kier alpha value is -11.7. The van der Waals surface area contributed by atoms with E-state index < -0.39 is 157 Å². The van der Waals surface area contributed by atoms with Crippen LogP contribution in [0.25, 0.3) is 10.9 Å². The van der Waals surface area contributed by atoms with Crippen LogP contribution in [0.4, 0.5) is 0 Å². The van der Waals surface area contributed by atoms with Crippen molar-refractivity contribution < 1.29 is 72.5 Å². The number of guanidine groups is 2. The standard InChI is InChI=1S/C89H136N22O15S/c1-4-6-7-8-9-10-11-12-13-14-15-16-17-28-43-97-75(116)56-110(55-72(90)113)76(117)42-25-20-29-44-98-81(120)69(48-62-51-101-66-39-27-26-38-65(62)66)105-83(122)68(41-31-46-100-89(93)94)104-85(124)71(57-127-5-2)107-82(121)67(40-30-45-99-88(91)92)103-73(114)50-64-37-32-47-111(64)87(126)80(78(60-33-21-18-22-34-60)61-35-23-19-24-36-61)109-84(123)70(49-63-52-96-58-102-63)106-86(125)79(59(3)112)108-74(115)53-95-54-77(118)119/h18-19,21-24,26-27,33-36,38-39,51-52,58-59,64,67-71,78-80,95,101,112H,4-17,20,25,28-32,37,40-50,53-57H2,1-3H3,(H2,90,113)(H,96,102)(H,97,116)(H,98,120)(H,103,114)(H,104,124)(H,105,122)(H,106,125)(H,107,121)(H,108,115)(H,109,123)(H,118,119)(H4,91,92,99)(H4,93,94,100). The second kappa shape index (κ2) is 58.6. The second-order valence-electron chi connectivity index (χ2n) is 32.2. The van der Waals surface area contributed by atoms with Gasteiger partial charge in [-0.15, -0.1) is 0 Å². The second-order valence-corrected chi connectivity index (χ2v) is 33.5. The van der Waals surface area contributed by atoms with Crippen molar-refractivity contribution >= 4 is 111 Å². The highest BCUT2D eigenvalue weighted by Crippen LogP contribution is 2.33. The number of hydrogen-bond donors (Lipinski definition) is 21. The Morgan fingerprint density at radius 1 is 0.543 bits per heavy atom. The van der Waals surface area contributed by atoms with Crippen LogP contribution in [0, 0.1) is 10.8 Å². The average Bonchev–Trinajstić information content (AvgIpc) is 1.78. The van der Waals surface area contributed by atoms with E-state index in [1.807, 2.05) is 31.2 Å². The van der Waals surface area contributed by atoms with Crippen molar-refractivity contribution in [1.29, 1.82) is 10.8 Å². The van der Waals surface area contributed by atoms with Crippen LogP contribution >= 0.6 is 11.8 Å². The van der Waals surface area contributed by atoms with Crippen molar-refractivity contribution in [1.82, 2.24) is 88.6 Å². The fourth-order valence-corrected chi connectivity index (χ4v) is 16.0. The molecule has 37 nitrogen and oxygen atoms in total. The number of carbonyl (C=O) groups is 13. The Morgan fingerprint density at radius 3 is 1.65 bits per heavy atom. The minimum Gasteiger partial charge on any atom is -0.480 e. The van der Waals surface area contributed by atoms with E-state index in [1.165, 1.54) is 100 Å². The molecule has 9 atom stereocenters. The van der Waals surface area contributed by atoms with Crippen molar-refractivity contribution in [3.8, 4) is 0 Å². The molecule has 0 aliphatic carbocycles. The number of amides is 12. The van der Waals surface area contributed by atoms with E-state index in [1.54, 1.807) is 66.9 Å². The molecule has 2 aromatic heterocycles. The lowest BCUT2D eigenvalue weighted by Crippen LogP contribution is -2.61. The van der Waals surface area contributed by atoms with Crippen LogP contribution in [0.5, 0.6) is 0 Å². The number of aromatic nitrogens is 3. The Kier molecular flexibility index (Phi) is 48.0. The third kappa shape index (κ3) is 39.4. The molecule has 24 N–H and O–H groups in total. The molecule has 0 saturated carbocycles. The van der Waals surface area contributed by atoms with E-state index in [2.05, 4.69) is 85.7 Å². The quantitative estimate of drug-likeness (QED) is 0.0151. The lowest BCUT2D eigenvalue weighted by molar-refractivity contribution is -0.140. The molecule has 1 aliphatic heterocycles. The predicted molar refractivity (Wildman–Crippen MR) is 486 cm³/mol.